The molecule has 2 aromatic rings. The number of nitrogens with two attached hydrogens (primary N) is 1. The fourth-order valence-electron chi connectivity index (χ4n) is 3.36. The smallest absolute Gasteiger partial charge is 0.431 e. The van der Waals surface area contributed by atoms with Crippen molar-refractivity contribution < 1.29 is 24.1 Å². The van der Waals surface area contributed by atoms with Crippen LogP contribution in [0.2, 0.25) is 5.28 Å². The van der Waals surface area contributed by atoms with Crippen molar-refractivity contribution >= 4 is 34.6 Å². The molecule has 1 fully saturated rings. The minimum Gasteiger partial charge on any atom is -0.431 e. The second-order valence-electron chi connectivity index (χ2n) is 6.75. The number of carbonyl (C=O) groups is 1. The SMILES string of the molecule is C#C[C@]1(CO)O[C@@H](n2ccc3c(N)nc(Cl)nc32)C[C@@H]1OC(=O)OC(CC)CC. The molecule has 156 valence electrons. The van der Waals surface area contributed by atoms with E-state index in [-0.39, 0.29) is 23.6 Å². The van der Waals surface area contributed by atoms with Gasteiger partial charge in [0.15, 0.2) is 11.7 Å². The van der Waals surface area contributed by atoms with Gasteiger partial charge in [0.1, 0.15) is 23.8 Å². The summed E-state index contributed by atoms with van der Waals surface area (Å²) in [6.07, 6.45) is 6.11. The molecule has 0 bridgehead atoms. The van der Waals surface area contributed by atoms with Gasteiger partial charge in [-0.3, -0.25) is 0 Å². The molecule has 0 spiro atoms. The van der Waals surface area contributed by atoms with Crippen molar-refractivity contribution in [3.8, 4) is 12.3 Å². The van der Waals surface area contributed by atoms with Gasteiger partial charge in [-0.25, -0.2) is 9.78 Å². The average Bonchev–Trinajstić information content (AvgIpc) is 3.27. The molecule has 3 rings (SSSR count). The number of aliphatic hydroxyl groups is 1. The first-order valence-corrected chi connectivity index (χ1v) is 9.68. The van der Waals surface area contributed by atoms with Gasteiger partial charge in [-0.1, -0.05) is 19.8 Å². The Morgan fingerprint density at radius 2 is 2.28 bits per heavy atom. The van der Waals surface area contributed by atoms with Crippen LogP contribution in [0.25, 0.3) is 11.0 Å². The summed E-state index contributed by atoms with van der Waals surface area (Å²) >= 11 is 5.93. The quantitative estimate of drug-likeness (QED) is 0.414. The molecule has 29 heavy (non-hydrogen) atoms. The van der Waals surface area contributed by atoms with E-state index in [0.29, 0.717) is 23.9 Å². The van der Waals surface area contributed by atoms with E-state index in [4.69, 9.17) is 38.0 Å². The molecule has 0 saturated carbocycles. The number of terminal acetylenes is 1. The lowest BCUT2D eigenvalue weighted by molar-refractivity contribution is -0.100. The highest BCUT2D eigenvalue weighted by molar-refractivity contribution is 6.28. The fraction of sp³-hybridized carbons (Fsp3) is 0.526. The van der Waals surface area contributed by atoms with Crippen LogP contribution in [-0.4, -0.2) is 50.2 Å². The number of nitrogen functional groups attached to an aromatic ring is 1. The average molecular weight is 423 g/mol. The van der Waals surface area contributed by atoms with Gasteiger partial charge in [0.2, 0.25) is 5.28 Å². The van der Waals surface area contributed by atoms with Gasteiger partial charge >= 0.3 is 6.16 Å². The molecule has 3 heterocycles. The second kappa shape index (κ2) is 8.45. The summed E-state index contributed by atoms with van der Waals surface area (Å²) in [6, 6.07) is 1.72. The molecular weight excluding hydrogens is 400 g/mol. The number of carbonyl (C=O) groups excluding carboxylic acids is 1. The molecule has 1 aliphatic heterocycles. The Labute approximate surface area is 173 Å². The number of hydrogen-bond acceptors (Lipinski definition) is 8. The summed E-state index contributed by atoms with van der Waals surface area (Å²) in [5.74, 6) is 2.65. The van der Waals surface area contributed by atoms with Crippen LogP contribution >= 0.6 is 11.6 Å². The molecule has 10 heteroatoms. The van der Waals surface area contributed by atoms with Crippen LogP contribution < -0.4 is 5.73 Å². The maximum Gasteiger partial charge on any atom is 0.508 e. The van der Waals surface area contributed by atoms with E-state index in [0.717, 1.165) is 0 Å². The van der Waals surface area contributed by atoms with Crippen LogP contribution in [0.15, 0.2) is 12.3 Å². The van der Waals surface area contributed by atoms with Crippen LogP contribution in [0.5, 0.6) is 0 Å². The molecule has 1 aliphatic rings. The highest BCUT2D eigenvalue weighted by Crippen LogP contribution is 2.40. The fourth-order valence-corrected chi connectivity index (χ4v) is 3.53. The highest BCUT2D eigenvalue weighted by atomic mass is 35.5. The lowest BCUT2D eigenvalue weighted by Gasteiger charge is -2.27. The summed E-state index contributed by atoms with van der Waals surface area (Å²) < 4.78 is 18.4. The van der Waals surface area contributed by atoms with Crippen molar-refractivity contribution in [1.82, 2.24) is 14.5 Å². The van der Waals surface area contributed by atoms with E-state index in [9.17, 15) is 9.90 Å². The number of fused-ring (bicyclic) bond motifs is 1. The van der Waals surface area contributed by atoms with E-state index < -0.39 is 30.7 Å². The first-order valence-electron chi connectivity index (χ1n) is 9.30. The Morgan fingerprint density at radius 3 is 2.90 bits per heavy atom. The van der Waals surface area contributed by atoms with Gasteiger partial charge in [-0.2, -0.15) is 4.98 Å². The zero-order chi connectivity index (χ0) is 21.2. The largest absolute Gasteiger partial charge is 0.508 e. The third-order valence-corrected chi connectivity index (χ3v) is 5.23. The van der Waals surface area contributed by atoms with Crippen molar-refractivity contribution in [1.29, 1.82) is 0 Å². The number of rotatable bonds is 6. The molecule has 0 amide bonds. The molecule has 0 radical (unpaired) electrons. The Hall–Kier alpha value is -2.54. The van der Waals surface area contributed by atoms with E-state index in [1.54, 1.807) is 16.8 Å². The summed E-state index contributed by atoms with van der Waals surface area (Å²) in [5, 5.41) is 10.5. The van der Waals surface area contributed by atoms with E-state index >= 15 is 0 Å². The van der Waals surface area contributed by atoms with Gasteiger partial charge in [-0.05, 0) is 30.5 Å². The molecule has 0 aromatic carbocycles. The summed E-state index contributed by atoms with van der Waals surface area (Å²) in [7, 11) is 0. The predicted octanol–water partition coefficient (Wildman–Crippen LogP) is 2.66. The maximum atomic E-state index is 12.2. The Kier molecular flexibility index (Phi) is 6.17. The minimum absolute atomic E-state index is 0.0140. The third-order valence-electron chi connectivity index (χ3n) is 5.06. The van der Waals surface area contributed by atoms with Crippen LogP contribution in [-0.2, 0) is 14.2 Å². The minimum atomic E-state index is -1.52. The first kappa shape index (κ1) is 21.2. The molecule has 9 nitrogen and oxygen atoms in total. The Morgan fingerprint density at radius 1 is 1.55 bits per heavy atom. The molecule has 2 aromatic heterocycles. The van der Waals surface area contributed by atoms with Crippen LogP contribution in [0.3, 0.4) is 0 Å². The highest BCUT2D eigenvalue weighted by Gasteiger charge is 2.51. The molecule has 1 saturated heterocycles. The molecular formula is C19H23ClN4O5. The van der Waals surface area contributed by atoms with Crippen molar-refractivity contribution in [3.63, 3.8) is 0 Å². The number of halogens is 1. The normalized spacial score (nSPS) is 24.0. The van der Waals surface area contributed by atoms with Crippen molar-refractivity contribution in [3.05, 3.63) is 17.5 Å². The van der Waals surface area contributed by atoms with Crippen LogP contribution in [0, 0.1) is 12.3 Å². The number of nitrogens with zero attached hydrogens (tertiary/aromatic N) is 3. The second-order valence-corrected chi connectivity index (χ2v) is 7.09. The lowest BCUT2D eigenvalue weighted by atomic mass is 9.99. The first-order chi connectivity index (χ1) is 13.9. The van der Waals surface area contributed by atoms with Gasteiger partial charge in [0.25, 0.3) is 0 Å². The summed E-state index contributed by atoms with van der Waals surface area (Å²) in [5.41, 5.74) is 4.82. The van der Waals surface area contributed by atoms with E-state index in [1.165, 1.54) is 0 Å². The van der Waals surface area contributed by atoms with Gasteiger partial charge in [0.05, 0.1) is 12.0 Å². The monoisotopic (exact) mass is 422 g/mol. The Bertz CT molecular complexity index is 939. The van der Waals surface area contributed by atoms with Gasteiger partial charge < -0.3 is 29.6 Å². The van der Waals surface area contributed by atoms with Crippen LogP contribution in [0.4, 0.5) is 10.6 Å². The molecule has 3 N–H and O–H groups in total. The molecule has 0 unspecified atom stereocenters. The number of hydrogen-bond donors (Lipinski definition) is 2. The zero-order valence-corrected chi connectivity index (χ0v) is 16.9. The van der Waals surface area contributed by atoms with Crippen LogP contribution in [0.1, 0.15) is 39.3 Å². The summed E-state index contributed by atoms with van der Waals surface area (Å²) in [6.45, 7) is 3.27. The standard InChI is InChI=1S/C19H23ClN4O5/c1-4-11(5-2)27-18(26)28-13-9-14(29-19(13,6-3)10-25)24-8-7-12-15(21)22-17(20)23-16(12)24/h3,7-8,11,13-14,25H,4-5,9-10H2,1-2H3,(H2,21,22,23)/t13-,14+,19+/m0/s1. The Balaban J connectivity index is 1.87. The third kappa shape index (κ3) is 3.96. The number of aliphatic hydroxyl groups excluding tert-OH is 1. The van der Waals surface area contributed by atoms with Gasteiger partial charge in [-0.15, -0.1) is 6.42 Å². The van der Waals surface area contributed by atoms with E-state index in [1.807, 2.05) is 13.8 Å². The molecule has 0 aliphatic carbocycles. The van der Waals surface area contributed by atoms with E-state index in [2.05, 4.69) is 15.9 Å². The predicted molar refractivity (Wildman–Crippen MR) is 106 cm³/mol. The van der Waals surface area contributed by atoms with Crippen molar-refractivity contribution in [2.45, 2.75) is 57.1 Å². The topological polar surface area (TPSA) is 122 Å². The zero-order valence-electron chi connectivity index (χ0n) is 16.2. The van der Waals surface area contributed by atoms with Gasteiger partial charge in [0, 0.05) is 12.6 Å². The molecule has 3 atom stereocenters. The maximum absolute atomic E-state index is 12.2. The van der Waals surface area contributed by atoms with Crippen molar-refractivity contribution in [2.24, 2.45) is 0 Å². The number of ether oxygens (including phenoxy) is 3. The summed E-state index contributed by atoms with van der Waals surface area (Å²) in [4.78, 5) is 20.3. The van der Waals surface area contributed by atoms with Crippen molar-refractivity contribution in [2.75, 3.05) is 12.3 Å². The number of anilines is 1. The number of aromatic nitrogens is 3. The lowest BCUT2D eigenvalue weighted by Crippen LogP contribution is -2.44.